The van der Waals surface area contributed by atoms with Crippen LogP contribution in [0, 0.1) is 39.9 Å². The van der Waals surface area contributed by atoms with Gasteiger partial charge in [-0.2, -0.15) is 0 Å². The Morgan fingerprint density at radius 1 is 1.00 bits per heavy atom. The van der Waals surface area contributed by atoms with Crippen molar-refractivity contribution in [3.05, 3.63) is 0 Å². The summed E-state index contributed by atoms with van der Waals surface area (Å²) in [5.41, 5.74) is 0. The van der Waals surface area contributed by atoms with Crippen LogP contribution in [0.1, 0.15) is 0 Å². The van der Waals surface area contributed by atoms with Crippen LogP contribution in [0.25, 0.3) is 0 Å². The Labute approximate surface area is 103 Å². The van der Waals surface area contributed by atoms with Gasteiger partial charge in [0.25, 0.3) is 0 Å². The summed E-state index contributed by atoms with van der Waals surface area (Å²) >= 11 is 0. The molecule has 0 spiro atoms. The normalized spacial score (nSPS) is 3.86. The molecule has 0 atom stereocenters. The minimum atomic E-state index is -2.92. The predicted octanol–water partition coefficient (Wildman–Crippen LogP) is -4.45. The van der Waals surface area contributed by atoms with Crippen LogP contribution in [-0.2, 0) is 5.48 Å². The molecule has 7 heteroatoms. The van der Waals surface area contributed by atoms with Gasteiger partial charge in [0.15, 0.2) is 0 Å². The first-order valence-electron chi connectivity index (χ1n) is 0.707. The minimum Gasteiger partial charge on any atom is -2.00 e. The maximum Gasteiger partial charge on any atom is 3.00 e. The third kappa shape index (κ3) is 57.7. The maximum atomic E-state index is 8.42. The maximum absolute atomic E-state index is 8.42. The summed E-state index contributed by atoms with van der Waals surface area (Å²) < 4.78 is 0. The van der Waals surface area contributed by atoms with Crippen molar-refractivity contribution < 1.29 is 60.5 Å². The van der Waals surface area contributed by atoms with Crippen molar-refractivity contribution in [2.45, 2.75) is 0 Å². The quantitative estimate of drug-likeness (QED) is 0.416. The standard InChI is InChI=1S/BO3.Ca.Gd.O/c2-1(3)4;;;/q-3;+2;+3;-2. The van der Waals surface area contributed by atoms with Gasteiger partial charge in [-0.1, -0.05) is 0 Å². The van der Waals surface area contributed by atoms with Gasteiger partial charge in [0.2, 0.25) is 0 Å². The third-order valence-corrected chi connectivity index (χ3v) is 0. The van der Waals surface area contributed by atoms with Crippen LogP contribution in [-0.4, -0.2) is 45.1 Å². The molecule has 0 bridgehead atoms. The molecule has 0 N–H and O–H groups in total. The smallest absolute Gasteiger partial charge is 2.00 e. The van der Waals surface area contributed by atoms with Crippen molar-refractivity contribution in [1.82, 2.24) is 0 Å². The van der Waals surface area contributed by atoms with Crippen LogP contribution < -0.4 is 15.1 Å². The minimum absolute atomic E-state index is 0. The summed E-state index contributed by atoms with van der Waals surface area (Å²) in [6.07, 6.45) is 0. The van der Waals surface area contributed by atoms with Crippen molar-refractivity contribution in [1.29, 1.82) is 0 Å². The summed E-state index contributed by atoms with van der Waals surface area (Å²) in [7, 11) is -2.92. The van der Waals surface area contributed by atoms with E-state index in [-0.39, 0.29) is 83.2 Å². The third-order valence-electron chi connectivity index (χ3n) is 0. The molecular formula is BCaGdO4. The van der Waals surface area contributed by atoms with E-state index in [9.17, 15) is 0 Å². The number of rotatable bonds is 0. The van der Waals surface area contributed by atoms with Gasteiger partial charge in [-0.25, -0.2) is 0 Å². The van der Waals surface area contributed by atoms with Gasteiger partial charge in [0, 0.05) is 0 Å². The van der Waals surface area contributed by atoms with Crippen LogP contribution in [0.5, 0.6) is 0 Å². The summed E-state index contributed by atoms with van der Waals surface area (Å²) in [5, 5.41) is 25.2. The fraction of sp³-hybridized carbons (Fsp3) is 0. The summed E-state index contributed by atoms with van der Waals surface area (Å²) in [5.74, 6) is 0. The molecule has 0 saturated heterocycles. The predicted molar refractivity (Wildman–Crippen MR) is 12.2 cm³/mol. The van der Waals surface area contributed by atoms with E-state index in [1.54, 1.807) is 0 Å². The van der Waals surface area contributed by atoms with Gasteiger partial charge >= 0.3 is 77.7 Å². The van der Waals surface area contributed by atoms with E-state index >= 15 is 0 Å². The molecule has 0 saturated carbocycles. The number of hydrogen-bond acceptors (Lipinski definition) is 3. The largest absolute Gasteiger partial charge is 3.00 e. The average molecular weight is 272 g/mol. The molecule has 7 heavy (non-hydrogen) atoms. The molecule has 0 aromatic heterocycles. The van der Waals surface area contributed by atoms with E-state index in [0.29, 0.717) is 0 Å². The Bertz CT molecular complexity index is 16.4. The zero-order valence-electron chi connectivity index (χ0n) is 3.27. The second kappa shape index (κ2) is 15.8. The van der Waals surface area contributed by atoms with Gasteiger partial charge in [-0.3, -0.25) is 7.32 Å². The average Bonchev–Trinajstić information content (AvgIpc) is 0.811. The van der Waals surface area contributed by atoms with Crippen molar-refractivity contribution in [2.24, 2.45) is 0 Å². The molecule has 0 aliphatic heterocycles. The van der Waals surface area contributed by atoms with Gasteiger partial charge in [0.05, 0.1) is 0 Å². The molecule has 0 fully saturated rings. The van der Waals surface area contributed by atoms with E-state index in [0.717, 1.165) is 0 Å². The number of hydrogen-bond donors (Lipinski definition) is 0. The Morgan fingerprint density at radius 3 is 1.00 bits per heavy atom. The molecule has 0 aliphatic rings. The second-order valence-corrected chi connectivity index (χ2v) is 0.289. The van der Waals surface area contributed by atoms with Crippen molar-refractivity contribution in [3.63, 3.8) is 0 Å². The zero-order chi connectivity index (χ0) is 3.58. The fourth-order valence-corrected chi connectivity index (χ4v) is 0. The van der Waals surface area contributed by atoms with Crippen LogP contribution in [0.3, 0.4) is 0 Å². The summed E-state index contributed by atoms with van der Waals surface area (Å²) in [4.78, 5) is 0. The van der Waals surface area contributed by atoms with Gasteiger partial charge < -0.3 is 20.5 Å². The molecule has 0 amide bonds. The van der Waals surface area contributed by atoms with Crippen molar-refractivity contribution in [2.75, 3.05) is 0 Å². The Hall–Kier alpha value is 2.49. The Morgan fingerprint density at radius 2 is 1.00 bits per heavy atom. The summed E-state index contributed by atoms with van der Waals surface area (Å²) in [6, 6.07) is 0. The Kier molecular flexibility index (Phi) is 51.2. The SMILES string of the molecule is [Ca+2].[Gd+3].[O-2].[O-]B([O-])[O-]. The van der Waals surface area contributed by atoms with Gasteiger partial charge in [0.1, 0.15) is 0 Å². The van der Waals surface area contributed by atoms with Crippen molar-refractivity contribution in [3.8, 4) is 0 Å². The molecule has 0 aromatic rings. The molecule has 0 heterocycles. The van der Waals surface area contributed by atoms with Crippen LogP contribution in [0.15, 0.2) is 0 Å². The molecule has 0 unspecified atom stereocenters. The topological polar surface area (TPSA) is 97.7 Å². The first-order chi connectivity index (χ1) is 1.73. The molecule has 0 aromatic carbocycles. The molecule has 4 nitrogen and oxygen atoms in total. The van der Waals surface area contributed by atoms with Crippen LogP contribution >= 0.6 is 0 Å². The molecular weight excluding hydrogens is 272 g/mol. The zero-order valence-corrected chi connectivity index (χ0v) is 7.75. The van der Waals surface area contributed by atoms with E-state index in [1.165, 1.54) is 0 Å². The van der Waals surface area contributed by atoms with E-state index in [2.05, 4.69) is 0 Å². The fourth-order valence-electron chi connectivity index (χ4n) is 0. The van der Waals surface area contributed by atoms with E-state index < -0.39 is 7.32 Å². The second-order valence-electron chi connectivity index (χ2n) is 0.289. The molecule has 0 rings (SSSR count). The van der Waals surface area contributed by atoms with Gasteiger partial charge in [-0.15, -0.1) is 0 Å². The molecule has 37 valence electrons. The summed E-state index contributed by atoms with van der Waals surface area (Å²) in [6.45, 7) is 0. The Balaban J connectivity index is -0.0000000150. The molecule has 1 radical (unpaired) electrons. The first kappa shape index (κ1) is 22.7. The first-order valence-corrected chi connectivity index (χ1v) is 0.707. The van der Waals surface area contributed by atoms with Crippen molar-refractivity contribution >= 4 is 45.1 Å². The van der Waals surface area contributed by atoms with E-state index in [1.807, 2.05) is 0 Å². The molecule has 0 aliphatic carbocycles. The van der Waals surface area contributed by atoms with E-state index in [4.69, 9.17) is 15.1 Å². The van der Waals surface area contributed by atoms with Crippen LogP contribution in [0.4, 0.5) is 0 Å². The monoisotopic (exact) mass is 273 g/mol. The van der Waals surface area contributed by atoms with Crippen LogP contribution in [0.2, 0.25) is 0 Å². The van der Waals surface area contributed by atoms with Gasteiger partial charge in [-0.05, 0) is 0 Å².